The Morgan fingerprint density at radius 2 is 1.68 bits per heavy atom. The van der Waals surface area contributed by atoms with Crippen LogP contribution in [0.5, 0.6) is 11.5 Å². The zero-order valence-electron chi connectivity index (χ0n) is 23.6. The molecule has 0 bridgehead atoms. The molecule has 2 heterocycles. The zero-order chi connectivity index (χ0) is 28.8. The fourth-order valence-corrected chi connectivity index (χ4v) is 5.64. The molecule has 0 unspecified atom stereocenters. The Balaban J connectivity index is 1.31. The molecule has 8 nitrogen and oxygen atoms in total. The number of methoxy groups -OCH3 is 2. The molecular weight excluding hydrogens is 518 g/mol. The number of carboxylic acids is 1. The van der Waals surface area contributed by atoms with Gasteiger partial charge in [0.2, 0.25) is 0 Å². The van der Waals surface area contributed by atoms with Crippen LogP contribution in [0.4, 0.5) is 11.4 Å². The molecule has 0 saturated carbocycles. The number of likely N-dealkylation sites (tertiary alicyclic amines) is 1. The molecule has 1 fully saturated rings. The van der Waals surface area contributed by atoms with Gasteiger partial charge in [-0.3, -0.25) is 9.59 Å². The molecule has 3 aromatic rings. The third-order valence-corrected chi connectivity index (χ3v) is 7.99. The van der Waals surface area contributed by atoms with E-state index >= 15 is 0 Å². The number of ether oxygens (including phenoxy) is 2. The number of carbonyl (C=O) groups is 2. The Kier molecular flexibility index (Phi) is 8.89. The molecule has 41 heavy (non-hydrogen) atoms. The van der Waals surface area contributed by atoms with Crippen molar-refractivity contribution in [2.75, 3.05) is 44.5 Å². The van der Waals surface area contributed by atoms with Crippen molar-refractivity contribution in [1.29, 1.82) is 0 Å². The highest BCUT2D eigenvalue weighted by atomic mass is 16.5. The van der Waals surface area contributed by atoms with Crippen LogP contribution in [0, 0.1) is 5.92 Å². The molecule has 3 aromatic carbocycles. The van der Waals surface area contributed by atoms with Gasteiger partial charge in [-0.2, -0.15) is 0 Å². The summed E-state index contributed by atoms with van der Waals surface area (Å²) in [6.07, 6.45) is 4.15. The fourth-order valence-electron chi connectivity index (χ4n) is 5.64. The molecule has 214 valence electrons. The highest BCUT2D eigenvalue weighted by molar-refractivity contribution is 6.37. The summed E-state index contributed by atoms with van der Waals surface area (Å²) in [4.78, 5) is 26.6. The molecule has 5 rings (SSSR count). The highest BCUT2D eigenvalue weighted by Gasteiger charge is 2.30. The van der Waals surface area contributed by atoms with Crippen LogP contribution in [0.3, 0.4) is 0 Å². The van der Waals surface area contributed by atoms with E-state index in [4.69, 9.17) is 14.6 Å². The first-order valence-corrected chi connectivity index (χ1v) is 14.1. The lowest BCUT2D eigenvalue weighted by Gasteiger charge is -2.31. The second-order valence-electron chi connectivity index (χ2n) is 10.6. The summed E-state index contributed by atoms with van der Waals surface area (Å²) < 4.78 is 11.0. The molecule has 0 aromatic heterocycles. The predicted octanol–water partition coefficient (Wildman–Crippen LogP) is 5.76. The molecule has 3 N–H and O–H groups in total. The lowest BCUT2D eigenvalue weighted by atomic mass is 9.92. The van der Waals surface area contributed by atoms with Gasteiger partial charge < -0.3 is 30.1 Å². The number of fused-ring (bicyclic) bond motifs is 1. The van der Waals surface area contributed by atoms with Crippen LogP contribution in [0.15, 0.2) is 66.7 Å². The van der Waals surface area contributed by atoms with Crippen LogP contribution in [-0.4, -0.2) is 55.7 Å². The van der Waals surface area contributed by atoms with Gasteiger partial charge in [0, 0.05) is 30.3 Å². The summed E-state index contributed by atoms with van der Waals surface area (Å²) in [6, 6.07) is 21.8. The van der Waals surface area contributed by atoms with Gasteiger partial charge in [0.25, 0.3) is 5.91 Å². The lowest BCUT2D eigenvalue weighted by Crippen LogP contribution is -2.35. The summed E-state index contributed by atoms with van der Waals surface area (Å²) in [6.45, 7) is 3.04. The average molecular weight is 556 g/mol. The fraction of sp³-hybridized carbons (Fsp3) is 0.333. The van der Waals surface area contributed by atoms with Crippen molar-refractivity contribution in [1.82, 2.24) is 4.90 Å². The molecule has 2 aliphatic rings. The van der Waals surface area contributed by atoms with Crippen LogP contribution in [0.2, 0.25) is 0 Å². The van der Waals surface area contributed by atoms with Crippen molar-refractivity contribution in [2.45, 2.75) is 32.1 Å². The molecular formula is C33H37N3O5. The molecule has 1 saturated heterocycles. The van der Waals surface area contributed by atoms with Crippen molar-refractivity contribution in [3.05, 3.63) is 83.4 Å². The minimum absolute atomic E-state index is 0.190. The van der Waals surface area contributed by atoms with E-state index in [1.807, 2.05) is 36.4 Å². The maximum Gasteiger partial charge on any atom is 0.303 e. The van der Waals surface area contributed by atoms with Gasteiger partial charge in [0.1, 0.15) is 0 Å². The minimum Gasteiger partial charge on any atom is -0.493 e. The normalized spacial score (nSPS) is 16.6. The first-order chi connectivity index (χ1) is 19.9. The van der Waals surface area contributed by atoms with Gasteiger partial charge in [-0.1, -0.05) is 42.5 Å². The van der Waals surface area contributed by atoms with E-state index in [2.05, 4.69) is 39.8 Å². The third kappa shape index (κ3) is 6.72. The predicted molar refractivity (Wildman–Crippen MR) is 161 cm³/mol. The SMILES string of the molecule is COc1cc2c(cc1OC)/C(=C(/Nc1ccc(CCN3CCC(CCC(=O)O)CC3)cc1)c1ccccc1)C(=O)N2. The van der Waals surface area contributed by atoms with Gasteiger partial charge in [0.15, 0.2) is 11.5 Å². The molecule has 8 heteroatoms. The topological polar surface area (TPSA) is 100 Å². The van der Waals surface area contributed by atoms with E-state index in [1.54, 1.807) is 20.3 Å². The van der Waals surface area contributed by atoms with E-state index < -0.39 is 5.97 Å². The monoisotopic (exact) mass is 555 g/mol. The average Bonchev–Trinajstić information content (AvgIpc) is 3.32. The number of hydrogen-bond acceptors (Lipinski definition) is 6. The quantitative estimate of drug-likeness (QED) is 0.259. The number of aliphatic carboxylic acids is 1. The summed E-state index contributed by atoms with van der Waals surface area (Å²) in [5.74, 6) is 0.749. The van der Waals surface area contributed by atoms with Crippen LogP contribution in [0.25, 0.3) is 11.3 Å². The minimum atomic E-state index is -0.699. The molecule has 1 amide bonds. The summed E-state index contributed by atoms with van der Waals surface area (Å²) in [7, 11) is 3.16. The second kappa shape index (κ2) is 12.9. The second-order valence-corrected chi connectivity index (χ2v) is 10.6. The van der Waals surface area contributed by atoms with Crippen LogP contribution >= 0.6 is 0 Å². The number of hydrogen-bond donors (Lipinski definition) is 3. The zero-order valence-corrected chi connectivity index (χ0v) is 23.6. The first kappa shape index (κ1) is 28.2. The van der Waals surface area contributed by atoms with Crippen molar-refractivity contribution in [3.8, 4) is 11.5 Å². The molecule has 0 spiro atoms. The summed E-state index contributed by atoms with van der Waals surface area (Å²) >= 11 is 0. The molecule has 0 atom stereocenters. The van der Waals surface area contributed by atoms with E-state index in [9.17, 15) is 9.59 Å². The Labute approximate surface area is 241 Å². The number of nitrogens with zero attached hydrogens (tertiary/aromatic N) is 1. The Bertz CT molecular complexity index is 1410. The van der Waals surface area contributed by atoms with Gasteiger partial charge in [-0.05, 0) is 74.0 Å². The molecule has 2 aliphatic heterocycles. The molecule has 0 radical (unpaired) electrons. The highest BCUT2D eigenvalue weighted by Crippen LogP contribution is 2.43. The number of benzene rings is 3. The molecule has 0 aliphatic carbocycles. The van der Waals surface area contributed by atoms with E-state index in [1.165, 1.54) is 5.56 Å². The number of amides is 1. The smallest absolute Gasteiger partial charge is 0.303 e. The van der Waals surface area contributed by atoms with Crippen LogP contribution in [-0.2, 0) is 16.0 Å². The summed E-state index contributed by atoms with van der Waals surface area (Å²) in [5.41, 5.74) is 5.73. The lowest BCUT2D eigenvalue weighted by molar-refractivity contribution is -0.137. The van der Waals surface area contributed by atoms with Crippen LogP contribution in [0.1, 0.15) is 42.4 Å². The number of anilines is 2. The van der Waals surface area contributed by atoms with Gasteiger partial charge in [-0.15, -0.1) is 0 Å². The number of carbonyl (C=O) groups excluding carboxylic acids is 1. The number of piperidine rings is 1. The number of carboxylic acid groups (broad SMARTS) is 1. The number of rotatable bonds is 11. The first-order valence-electron chi connectivity index (χ1n) is 14.1. The van der Waals surface area contributed by atoms with Crippen molar-refractivity contribution in [2.24, 2.45) is 5.92 Å². The van der Waals surface area contributed by atoms with Gasteiger partial charge in [0.05, 0.1) is 31.2 Å². The van der Waals surface area contributed by atoms with Crippen molar-refractivity contribution in [3.63, 3.8) is 0 Å². The summed E-state index contributed by atoms with van der Waals surface area (Å²) in [5, 5.41) is 15.4. The van der Waals surface area contributed by atoms with E-state index in [0.717, 1.165) is 62.1 Å². The number of nitrogens with one attached hydrogen (secondary N) is 2. The van der Waals surface area contributed by atoms with E-state index in [-0.39, 0.29) is 12.3 Å². The van der Waals surface area contributed by atoms with Gasteiger partial charge >= 0.3 is 5.97 Å². The maximum atomic E-state index is 13.3. The Morgan fingerprint density at radius 1 is 1.00 bits per heavy atom. The van der Waals surface area contributed by atoms with Crippen molar-refractivity contribution >= 4 is 34.5 Å². The maximum absolute atomic E-state index is 13.3. The standard InChI is InChI=1S/C33H37N3O5/c1-40-28-20-26-27(21-29(28)41-2)35-33(39)31(26)32(24-6-4-3-5-7-24)34-25-11-8-22(9-12-25)14-17-36-18-15-23(16-19-36)10-13-30(37)38/h3-9,11-12,20-21,23,34H,10,13-19H2,1-2H3,(H,35,39)(H,37,38)/b32-31-. The van der Waals surface area contributed by atoms with Crippen molar-refractivity contribution < 1.29 is 24.2 Å². The van der Waals surface area contributed by atoms with Crippen LogP contribution < -0.4 is 20.1 Å². The Hall–Kier alpha value is -4.30. The van der Waals surface area contributed by atoms with Gasteiger partial charge in [-0.25, -0.2) is 0 Å². The third-order valence-electron chi connectivity index (χ3n) is 7.99. The van der Waals surface area contributed by atoms with E-state index in [0.29, 0.717) is 34.4 Å². The Morgan fingerprint density at radius 3 is 2.34 bits per heavy atom. The largest absolute Gasteiger partial charge is 0.493 e.